The van der Waals surface area contributed by atoms with Crippen LogP contribution in [0, 0.1) is 0 Å². The number of hydrogen-bond acceptors (Lipinski definition) is 4. The van der Waals surface area contributed by atoms with Gasteiger partial charge in [-0.15, -0.1) is 0 Å². The molecule has 0 atom stereocenters. The van der Waals surface area contributed by atoms with Gasteiger partial charge in [0.05, 0.1) is 11.4 Å². The summed E-state index contributed by atoms with van der Waals surface area (Å²) >= 11 is 5.87. The van der Waals surface area contributed by atoms with Crippen LogP contribution in [0.5, 0.6) is 0 Å². The van der Waals surface area contributed by atoms with Crippen molar-refractivity contribution in [3.63, 3.8) is 0 Å². The van der Waals surface area contributed by atoms with E-state index in [1.165, 1.54) is 12.1 Å². The lowest BCUT2D eigenvalue weighted by Crippen LogP contribution is -2.30. The van der Waals surface area contributed by atoms with E-state index >= 15 is 0 Å². The molecule has 1 rings (SSSR count). The van der Waals surface area contributed by atoms with Gasteiger partial charge in [-0.3, -0.25) is 9.59 Å². The van der Waals surface area contributed by atoms with E-state index in [4.69, 9.17) is 16.7 Å². The fourth-order valence-corrected chi connectivity index (χ4v) is 3.40. The molecule has 0 spiro atoms. The van der Waals surface area contributed by atoms with Crippen LogP contribution in [0.15, 0.2) is 23.1 Å². The molecule has 21 heavy (non-hydrogen) atoms. The first kappa shape index (κ1) is 17.6. The number of aliphatic carboxylic acids is 1. The summed E-state index contributed by atoms with van der Waals surface area (Å²) < 4.78 is 26.6. The molecule has 0 radical (unpaired) electrons. The Balaban J connectivity index is 3.11. The maximum Gasteiger partial charge on any atom is 0.303 e. The highest BCUT2D eigenvalue weighted by Crippen LogP contribution is 2.23. The van der Waals surface area contributed by atoms with Gasteiger partial charge in [0.1, 0.15) is 4.90 Å². The number of halogens is 1. The van der Waals surface area contributed by atoms with Crippen LogP contribution < -0.4 is 4.72 Å². The van der Waals surface area contributed by atoms with Crippen LogP contribution in [0.25, 0.3) is 0 Å². The van der Waals surface area contributed by atoms with Gasteiger partial charge in [-0.1, -0.05) is 11.6 Å². The monoisotopic (exact) mass is 333 g/mol. The van der Waals surface area contributed by atoms with Crippen LogP contribution in [0.4, 0.5) is 0 Å². The Morgan fingerprint density at radius 2 is 1.90 bits per heavy atom. The van der Waals surface area contributed by atoms with Crippen molar-refractivity contribution in [3.8, 4) is 0 Å². The fourth-order valence-electron chi connectivity index (χ4n) is 1.62. The van der Waals surface area contributed by atoms with E-state index in [1.807, 2.05) is 0 Å². The Hall–Kier alpha value is -1.44. The topological polar surface area (TPSA) is 101 Å². The van der Waals surface area contributed by atoms with Gasteiger partial charge in [0, 0.05) is 18.0 Å². The third kappa shape index (κ3) is 5.11. The molecule has 0 aliphatic heterocycles. The zero-order chi connectivity index (χ0) is 16.2. The smallest absolute Gasteiger partial charge is 0.303 e. The number of carboxylic acid groups (broad SMARTS) is 1. The van der Waals surface area contributed by atoms with Crippen LogP contribution in [0.2, 0.25) is 5.02 Å². The van der Waals surface area contributed by atoms with Crippen molar-refractivity contribution in [2.45, 2.75) is 37.6 Å². The molecule has 0 unspecified atom stereocenters. The first-order valence-electron chi connectivity index (χ1n) is 6.20. The van der Waals surface area contributed by atoms with Crippen LogP contribution in [-0.2, 0) is 14.8 Å². The summed E-state index contributed by atoms with van der Waals surface area (Å²) in [4.78, 5) is 22.1. The SMILES string of the molecule is CC(C)NS(=O)(=O)c1cc(C(=O)CCC(=O)O)ccc1Cl. The normalized spacial score (nSPS) is 11.6. The van der Waals surface area contributed by atoms with Gasteiger partial charge in [-0.05, 0) is 32.0 Å². The van der Waals surface area contributed by atoms with Gasteiger partial charge in [0.25, 0.3) is 0 Å². The summed E-state index contributed by atoms with van der Waals surface area (Å²) in [7, 11) is -3.83. The largest absolute Gasteiger partial charge is 0.481 e. The number of Topliss-reactive ketones (excluding diaryl/α,β-unsaturated/α-hetero) is 1. The van der Waals surface area contributed by atoms with Crippen molar-refractivity contribution in [1.29, 1.82) is 0 Å². The van der Waals surface area contributed by atoms with E-state index in [0.29, 0.717) is 0 Å². The molecular weight excluding hydrogens is 318 g/mol. The molecule has 0 aromatic heterocycles. The molecule has 0 heterocycles. The second-order valence-electron chi connectivity index (χ2n) is 4.74. The third-order valence-corrected chi connectivity index (χ3v) is 4.64. The predicted octanol–water partition coefficient (Wildman–Crippen LogP) is 2.07. The third-order valence-electron chi connectivity index (χ3n) is 2.50. The number of hydrogen-bond donors (Lipinski definition) is 2. The molecule has 116 valence electrons. The van der Waals surface area contributed by atoms with Gasteiger partial charge in [-0.2, -0.15) is 0 Å². The van der Waals surface area contributed by atoms with Crippen LogP contribution in [0.3, 0.4) is 0 Å². The van der Waals surface area contributed by atoms with Crippen molar-refractivity contribution < 1.29 is 23.1 Å². The molecule has 6 nitrogen and oxygen atoms in total. The molecule has 8 heteroatoms. The first-order valence-corrected chi connectivity index (χ1v) is 8.06. The Labute approximate surface area is 128 Å². The molecule has 0 aliphatic carbocycles. The summed E-state index contributed by atoms with van der Waals surface area (Å²) in [5, 5.41) is 8.56. The molecule has 0 fully saturated rings. The zero-order valence-corrected chi connectivity index (χ0v) is 13.2. The summed E-state index contributed by atoms with van der Waals surface area (Å²) in [5.74, 6) is -1.54. The van der Waals surface area contributed by atoms with Crippen molar-refractivity contribution in [2.24, 2.45) is 0 Å². The number of ketones is 1. The van der Waals surface area contributed by atoms with Crippen LogP contribution >= 0.6 is 11.6 Å². The average molecular weight is 334 g/mol. The van der Waals surface area contributed by atoms with E-state index in [1.54, 1.807) is 13.8 Å². The fraction of sp³-hybridized carbons (Fsp3) is 0.385. The number of carbonyl (C=O) groups excluding carboxylic acids is 1. The number of benzene rings is 1. The minimum absolute atomic E-state index is 0.00191. The van der Waals surface area contributed by atoms with E-state index < -0.39 is 21.8 Å². The highest BCUT2D eigenvalue weighted by Gasteiger charge is 2.21. The predicted molar refractivity (Wildman–Crippen MR) is 78.1 cm³/mol. The maximum absolute atomic E-state index is 12.1. The number of carboxylic acids is 1. The van der Waals surface area contributed by atoms with E-state index in [2.05, 4.69) is 4.72 Å². The number of nitrogens with one attached hydrogen (secondary N) is 1. The average Bonchev–Trinajstić information content (AvgIpc) is 2.34. The zero-order valence-electron chi connectivity index (χ0n) is 11.6. The lowest BCUT2D eigenvalue weighted by atomic mass is 10.1. The van der Waals surface area contributed by atoms with Crippen molar-refractivity contribution in [1.82, 2.24) is 4.72 Å². The number of carbonyl (C=O) groups is 2. The summed E-state index contributed by atoms with van der Waals surface area (Å²) in [6.45, 7) is 3.32. The first-order chi connectivity index (χ1) is 9.63. The van der Waals surface area contributed by atoms with Gasteiger partial charge >= 0.3 is 5.97 Å². The van der Waals surface area contributed by atoms with E-state index in [-0.39, 0.29) is 34.4 Å². The highest BCUT2D eigenvalue weighted by molar-refractivity contribution is 7.89. The van der Waals surface area contributed by atoms with Gasteiger partial charge in [-0.25, -0.2) is 13.1 Å². The Bertz CT molecular complexity index is 655. The minimum atomic E-state index is -3.83. The van der Waals surface area contributed by atoms with Crippen molar-refractivity contribution in [2.75, 3.05) is 0 Å². The molecule has 0 amide bonds. The van der Waals surface area contributed by atoms with Gasteiger partial charge in [0.15, 0.2) is 5.78 Å². The van der Waals surface area contributed by atoms with E-state index in [9.17, 15) is 18.0 Å². The minimum Gasteiger partial charge on any atom is -0.481 e. The molecule has 0 saturated heterocycles. The quantitative estimate of drug-likeness (QED) is 0.744. The van der Waals surface area contributed by atoms with Gasteiger partial charge < -0.3 is 5.11 Å². The molecule has 0 aliphatic rings. The van der Waals surface area contributed by atoms with Crippen molar-refractivity contribution >= 4 is 33.4 Å². The summed E-state index contributed by atoms with van der Waals surface area (Å²) in [6.07, 6.45) is -0.512. The van der Waals surface area contributed by atoms with E-state index in [0.717, 1.165) is 6.07 Å². The second kappa shape index (κ2) is 7.02. The molecule has 1 aromatic carbocycles. The molecule has 2 N–H and O–H groups in total. The molecular formula is C13H16ClNO5S. The lowest BCUT2D eigenvalue weighted by molar-refractivity contribution is -0.136. The lowest BCUT2D eigenvalue weighted by Gasteiger charge is -2.12. The Morgan fingerprint density at radius 1 is 1.29 bits per heavy atom. The maximum atomic E-state index is 12.1. The number of sulfonamides is 1. The standard InChI is InChI=1S/C13H16ClNO5S/c1-8(2)15-21(19,20)12-7-9(3-4-10(12)14)11(16)5-6-13(17)18/h3-4,7-8,15H,5-6H2,1-2H3,(H,17,18). The Morgan fingerprint density at radius 3 is 2.43 bits per heavy atom. The molecule has 0 saturated carbocycles. The highest BCUT2D eigenvalue weighted by atomic mass is 35.5. The Kier molecular flexibility index (Phi) is 5.88. The van der Waals surface area contributed by atoms with Crippen molar-refractivity contribution in [3.05, 3.63) is 28.8 Å². The van der Waals surface area contributed by atoms with Crippen LogP contribution in [-0.4, -0.2) is 31.3 Å². The second-order valence-corrected chi connectivity index (χ2v) is 6.83. The summed E-state index contributed by atoms with van der Waals surface area (Å²) in [5.41, 5.74) is 0.116. The van der Waals surface area contributed by atoms with Crippen LogP contribution in [0.1, 0.15) is 37.0 Å². The number of rotatable bonds is 7. The molecule has 1 aromatic rings. The van der Waals surface area contributed by atoms with Gasteiger partial charge in [0.2, 0.25) is 10.0 Å². The molecule has 0 bridgehead atoms. The summed E-state index contributed by atoms with van der Waals surface area (Å²) in [6, 6.07) is 3.53.